The van der Waals surface area contributed by atoms with Gasteiger partial charge >= 0.3 is 0 Å². The molecule has 0 saturated carbocycles. The van der Waals surface area contributed by atoms with Crippen LogP contribution in [-0.2, 0) is 0 Å². The van der Waals surface area contributed by atoms with Crippen LogP contribution in [0.2, 0.25) is 0 Å². The molecule has 0 saturated heterocycles. The van der Waals surface area contributed by atoms with Gasteiger partial charge in [-0.05, 0) is 17.9 Å². The summed E-state index contributed by atoms with van der Waals surface area (Å²) < 4.78 is 0. The van der Waals surface area contributed by atoms with Crippen molar-refractivity contribution in [3.63, 3.8) is 0 Å². The van der Waals surface area contributed by atoms with Crippen molar-refractivity contribution in [2.45, 2.75) is 19.4 Å². The topological polar surface area (TPSA) is 49.3 Å². The van der Waals surface area contributed by atoms with Gasteiger partial charge < -0.3 is 10.4 Å². The molecular formula is C9H13NO2S. The maximum atomic E-state index is 11.4. The van der Waals surface area contributed by atoms with Gasteiger partial charge in [-0.1, -0.05) is 6.92 Å². The van der Waals surface area contributed by atoms with E-state index in [0.29, 0.717) is 5.56 Å². The Hall–Kier alpha value is -0.870. The lowest BCUT2D eigenvalue weighted by Crippen LogP contribution is -2.36. The largest absolute Gasteiger partial charge is 0.394 e. The summed E-state index contributed by atoms with van der Waals surface area (Å²) in [4.78, 5) is 11.4. The summed E-state index contributed by atoms with van der Waals surface area (Å²) in [7, 11) is 0. The molecule has 1 amide bonds. The third kappa shape index (κ3) is 2.82. The van der Waals surface area contributed by atoms with Gasteiger partial charge in [0.25, 0.3) is 5.91 Å². The standard InChI is InChI=1S/C9H13NO2S/c1-2-8(5-11)10-9(12)7-3-4-13-6-7/h3-4,6,8,11H,2,5H2,1H3,(H,10,12). The van der Waals surface area contributed by atoms with Crippen LogP contribution in [0.3, 0.4) is 0 Å². The van der Waals surface area contributed by atoms with Gasteiger partial charge in [-0.15, -0.1) is 0 Å². The lowest BCUT2D eigenvalue weighted by atomic mass is 10.2. The number of hydrogen-bond donors (Lipinski definition) is 2. The van der Waals surface area contributed by atoms with Crippen molar-refractivity contribution in [3.8, 4) is 0 Å². The van der Waals surface area contributed by atoms with Gasteiger partial charge in [0, 0.05) is 10.9 Å². The lowest BCUT2D eigenvalue weighted by molar-refractivity contribution is 0.0915. The van der Waals surface area contributed by atoms with Crippen LogP contribution in [-0.4, -0.2) is 23.7 Å². The molecule has 1 unspecified atom stereocenters. The van der Waals surface area contributed by atoms with E-state index in [1.807, 2.05) is 12.3 Å². The fraction of sp³-hybridized carbons (Fsp3) is 0.444. The third-order valence-corrected chi connectivity index (χ3v) is 2.52. The highest BCUT2D eigenvalue weighted by atomic mass is 32.1. The van der Waals surface area contributed by atoms with Crippen LogP contribution >= 0.6 is 11.3 Å². The van der Waals surface area contributed by atoms with E-state index in [1.165, 1.54) is 11.3 Å². The molecule has 0 spiro atoms. The van der Waals surface area contributed by atoms with Crippen LogP contribution in [0.4, 0.5) is 0 Å². The van der Waals surface area contributed by atoms with Crippen molar-refractivity contribution in [1.82, 2.24) is 5.32 Å². The van der Waals surface area contributed by atoms with E-state index in [0.717, 1.165) is 6.42 Å². The van der Waals surface area contributed by atoms with Gasteiger partial charge in [0.1, 0.15) is 0 Å². The van der Waals surface area contributed by atoms with E-state index in [9.17, 15) is 4.79 Å². The monoisotopic (exact) mass is 199 g/mol. The molecule has 1 rings (SSSR count). The molecule has 1 heterocycles. The number of rotatable bonds is 4. The van der Waals surface area contributed by atoms with Gasteiger partial charge in [0.15, 0.2) is 0 Å². The Morgan fingerprint density at radius 2 is 2.54 bits per heavy atom. The fourth-order valence-electron chi connectivity index (χ4n) is 0.939. The highest BCUT2D eigenvalue weighted by Crippen LogP contribution is 2.06. The number of carbonyl (C=O) groups is 1. The molecule has 4 heteroatoms. The second-order valence-electron chi connectivity index (χ2n) is 2.77. The minimum absolute atomic E-state index is 0.00756. The summed E-state index contributed by atoms with van der Waals surface area (Å²) in [5, 5.41) is 15.2. The number of thiophene rings is 1. The molecule has 3 nitrogen and oxygen atoms in total. The number of aliphatic hydroxyl groups excluding tert-OH is 1. The molecule has 0 aliphatic rings. The third-order valence-electron chi connectivity index (χ3n) is 1.83. The highest BCUT2D eigenvalue weighted by molar-refractivity contribution is 7.08. The van der Waals surface area contributed by atoms with Gasteiger partial charge in [-0.3, -0.25) is 4.79 Å². The first-order chi connectivity index (χ1) is 6.27. The predicted molar refractivity (Wildman–Crippen MR) is 53.0 cm³/mol. The predicted octanol–water partition coefficient (Wildman–Crippen LogP) is 1.25. The smallest absolute Gasteiger partial charge is 0.252 e. The molecule has 0 aromatic carbocycles. The first kappa shape index (κ1) is 10.2. The Morgan fingerprint density at radius 1 is 1.77 bits per heavy atom. The van der Waals surface area contributed by atoms with Crippen molar-refractivity contribution >= 4 is 17.2 Å². The second kappa shape index (κ2) is 4.99. The van der Waals surface area contributed by atoms with Gasteiger partial charge in [0.2, 0.25) is 0 Å². The van der Waals surface area contributed by atoms with Crippen molar-refractivity contribution in [3.05, 3.63) is 22.4 Å². The van der Waals surface area contributed by atoms with Crippen LogP contribution in [0.5, 0.6) is 0 Å². The average Bonchev–Trinajstić information content (AvgIpc) is 2.66. The van der Waals surface area contributed by atoms with Gasteiger partial charge in [-0.2, -0.15) is 11.3 Å². The Bertz CT molecular complexity index is 255. The number of carbonyl (C=O) groups excluding carboxylic acids is 1. The summed E-state index contributed by atoms with van der Waals surface area (Å²) >= 11 is 1.49. The van der Waals surface area contributed by atoms with Crippen LogP contribution in [0.1, 0.15) is 23.7 Å². The van der Waals surface area contributed by atoms with Crippen molar-refractivity contribution in [2.75, 3.05) is 6.61 Å². The summed E-state index contributed by atoms with van der Waals surface area (Å²) in [6.07, 6.45) is 0.742. The van der Waals surface area contributed by atoms with E-state index >= 15 is 0 Å². The van der Waals surface area contributed by atoms with E-state index < -0.39 is 0 Å². The molecule has 13 heavy (non-hydrogen) atoms. The Kier molecular flexibility index (Phi) is 3.92. The molecule has 1 aromatic heterocycles. The van der Waals surface area contributed by atoms with E-state index in [2.05, 4.69) is 5.32 Å². The minimum atomic E-state index is -0.132. The number of hydrogen-bond acceptors (Lipinski definition) is 3. The van der Waals surface area contributed by atoms with E-state index in [1.54, 1.807) is 11.4 Å². The Morgan fingerprint density at radius 3 is 3.00 bits per heavy atom. The minimum Gasteiger partial charge on any atom is -0.394 e. The summed E-state index contributed by atoms with van der Waals surface area (Å²) in [6.45, 7) is 1.92. The zero-order valence-corrected chi connectivity index (χ0v) is 8.30. The Balaban J connectivity index is 2.50. The number of amides is 1. The SMILES string of the molecule is CCC(CO)NC(=O)c1ccsc1. The molecule has 72 valence electrons. The maximum absolute atomic E-state index is 11.4. The maximum Gasteiger partial charge on any atom is 0.252 e. The van der Waals surface area contributed by atoms with Crippen LogP contribution in [0.25, 0.3) is 0 Å². The summed E-state index contributed by atoms with van der Waals surface area (Å²) in [5.74, 6) is -0.109. The molecule has 0 bridgehead atoms. The van der Waals surface area contributed by atoms with Crippen molar-refractivity contribution in [2.24, 2.45) is 0 Å². The van der Waals surface area contributed by atoms with Gasteiger partial charge in [-0.25, -0.2) is 0 Å². The normalized spacial score (nSPS) is 12.5. The van der Waals surface area contributed by atoms with E-state index in [4.69, 9.17) is 5.11 Å². The molecule has 0 aliphatic heterocycles. The van der Waals surface area contributed by atoms with Crippen LogP contribution in [0, 0.1) is 0 Å². The molecule has 0 fully saturated rings. The number of aliphatic hydroxyl groups is 1. The lowest BCUT2D eigenvalue weighted by Gasteiger charge is -2.12. The molecular weight excluding hydrogens is 186 g/mol. The van der Waals surface area contributed by atoms with Crippen LogP contribution < -0.4 is 5.32 Å². The van der Waals surface area contributed by atoms with E-state index in [-0.39, 0.29) is 18.6 Å². The summed E-state index contributed by atoms with van der Waals surface area (Å²) in [6, 6.07) is 1.64. The zero-order chi connectivity index (χ0) is 9.68. The average molecular weight is 199 g/mol. The number of nitrogens with one attached hydrogen (secondary N) is 1. The first-order valence-corrected chi connectivity index (χ1v) is 5.16. The van der Waals surface area contributed by atoms with Crippen molar-refractivity contribution < 1.29 is 9.90 Å². The first-order valence-electron chi connectivity index (χ1n) is 4.21. The fourth-order valence-corrected chi connectivity index (χ4v) is 1.58. The molecule has 2 N–H and O–H groups in total. The molecule has 0 radical (unpaired) electrons. The molecule has 0 aliphatic carbocycles. The van der Waals surface area contributed by atoms with Gasteiger partial charge in [0.05, 0.1) is 12.6 Å². The Labute approximate surface area is 81.4 Å². The van der Waals surface area contributed by atoms with Crippen LogP contribution in [0.15, 0.2) is 16.8 Å². The molecule has 1 atom stereocenters. The van der Waals surface area contributed by atoms with Crippen molar-refractivity contribution in [1.29, 1.82) is 0 Å². The zero-order valence-electron chi connectivity index (χ0n) is 7.49. The summed E-state index contributed by atoms with van der Waals surface area (Å²) in [5.41, 5.74) is 0.664. The highest BCUT2D eigenvalue weighted by Gasteiger charge is 2.10. The second-order valence-corrected chi connectivity index (χ2v) is 3.55. The molecule has 1 aromatic rings. The quantitative estimate of drug-likeness (QED) is 0.766.